The molecule has 1 aliphatic heterocycles. The van der Waals surface area contributed by atoms with Crippen LogP contribution >= 0.6 is 0 Å². The smallest absolute Gasteiger partial charge is 0.336 e. The van der Waals surface area contributed by atoms with Crippen LogP contribution in [0.15, 0.2) is 86.9 Å². The van der Waals surface area contributed by atoms with Crippen molar-refractivity contribution < 1.29 is 27.1 Å². The number of fused-ring (bicyclic) bond motifs is 2. The second-order valence-electron chi connectivity index (χ2n) is 7.42. The first-order chi connectivity index (χ1) is 16.4. The second kappa shape index (κ2) is 8.56. The van der Waals surface area contributed by atoms with Crippen LogP contribution in [0.25, 0.3) is 11.0 Å². The molecule has 0 bridgehead atoms. The topological polar surface area (TPSA) is 124 Å². The molecule has 2 heterocycles. The average Bonchev–Trinajstić information content (AvgIpc) is 2.83. The molecule has 0 atom stereocenters. The molecule has 172 valence electrons. The first-order valence-corrected chi connectivity index (χ1v) is 11.7. The zero-order valence-electron chi connectivity index (χ0n) is 17.6. The van der Waals surface area contributed by atoms with Gasteiger partial charge in [0.05, 0.1) is 16.1 Å². The quantitative estimate of drug-likeness (QED) is 0.420. The Labute approximate surface area is 194 Å². The van der Waals surface area contributed by atoms with Crippen molar-refractivity contribution in [3.63, 3.8) is 0 Å². The van der Waals surface area contributed by atoms with Crippen molar-refractivity contribution in [1.82, 2.24) is 0 Å². The number of ether oxygens (including phenoxy) is 2. The van der Waals surface area contributed by atoms with Gasteiger partial charge in [-0.1, -0.05) is 12.1 Å². The summed E-state index contributed by atoms with van der Waals surface area (Å²) in [6, 6.07) is 18.1. The minimum Gasteiger partial charge on any atom is -0.486 e. The van der Waals surface area contributed by atoms with E-state index in [2.05, 4.69) is 10.0 Å². The van der Waals surface area contributed by atoms with Gasteiger partial charge in [0, 0.05) is 23.2 Å². The van der Waals surface area contributed by atoms with Gasteiger partial charge in [-0.3, -0.25) is 9.52 Å². The molecule has 0 saturated heterocycles. The van der Waals surface area contributed by atoms with Crippen LogP contribution in [0.2, 0.25) is 0 Å². The Morgan fingerprint density at radius 2 is 1.65 bits per heavy atom. The number of hydrogen-bond acceptors (Lipinski definition) is 7. The maximum Gasteiger partial charge on any atom is 0.336 e. The summed E-state index contributed by atoms with van der Waals surface area (Å²) in [6.45, 7) is 0.869. The normalized spacial score (nSPS) is 12.8. The molecule has 0 fully saturated rings. The summed E-state index contributed by atoms with van der Waals surface area (Å²) in [5.41, 5.74) is 0.456. The van der Waals surface area contributed by atoms with E-state index in [0.29, 0.717) is 35.8 Å². The maximum absolute atomic E-state index is 13.0. The van der Waals surface area contributed by atoms with Crippen molar-refractivity contribution in [1.29, 1.82) is 0 Å². The van der Waals surface area contributed by atoms with Crippen LogP contribution in [0.1, 0.15) is 10.4 Å². The molecule has 0 radical (unpaired) electrons. The molecule has 3 aromatic carbocycles. The number of rotatable bonds is 5. The molecule has 0 saturated carbocycles. The molecule has 1 aromatic heterocycles. The van der Waals surface area contributed by atoms with Gasteiger partial charge in [-0.05, 0) is 48.5 Å². The Kier molecular flexibility index (Phi) is 5.42. The molecule has 5 rings (SSSR count). The predicted molar refractivity (Wildman–Crippen MR) is 125 cm³/mol. The Hall–Kier alpha value is -4.31. The van der Waals surface area contributed by atoms with E-state index in [1.165, 1.54) is 42.5 Å². The SMILES string of the molecule is O=C(Nc1ccc2c(c1)OCCO2)c1ccccc1NS(=O)(=O)c1ccc2oc(=O)ccc2c1. The predicted octanol–water partition coefficient (Wildman–Crippen LogP) is 3.62. The van der Waals surface area contributed by atoms with Crippen molar-refractivity contribution in [2.24, 2.45) is 0 Å². The fourth-order valence-electron chi connectivity index (χ4n) is 3.51. The van der Waals surface area contributed by atoms with E-state index in [9.17, 15) is 18.0 Å². The summed E-state index contributed by atoms with van der Waals surface area (Å²) in [5, 5.41) is 3.20. The molecule has 0 aliphatic carbocycles. The van der Waals surface area contributed by atoms with Gasteiger partial charge in [0.2, 0.25) is 0 Å². The number of carbonyl (C=O) groups excluding carboxylic acids is 1. The van der Waals surface area contributed by atoms with Gasteiger partial charge in [0.25, 0.3) is 15.9 Å². The van der Waals surface area contributed by atoms with E-state index in [0.717, 1.165) is 0 Å². The standard InChI is InChI=1S/C24H18N2O7S/c27-23-10-5-15-13-17(7-9-20(15)33-23)34(29,30)26-19-4-2-1-3-18(19)24(28)25-16-6-8-21-22(14-16)32-12-11-31-21/h1-10,13-14,26H,11-12H2,(H,25,28). The van der Waals surface area contributed by atoms with Gasteiger partial charge in [0.1, 0.15) is 18.8 Å². The number of anilines is 2. The van der Waals surface area contributed by atoms with Crippen LogP contribution in [-0.2, 0) is 10.0 Å². The highest BCUT2D eigenvalue weighted by atomic mass is 32.2. The monoisotopic (exact) mass is 478 g/mol. The third kappa shape index (κ3) is 4.30. The number of benzene rings is 3. The number of amides is 1. The minimum absolute atomic E-state index is 0.0455. The largest absolute Gasteiger partial charge is 0.486 e. The Bertz CT molecular complexity index is 1580. The van der Waals surface area contributed by atoms with Crippen molar-refractivity contribution in [3.8, 4) is 11.5 Å². The molecule has 1 amide bonds. The van der Waals surface area contributed by atoms with Crippen LogP contribution in [0.5, 0.6) is 11.5 Å². The molecule has 0 unspecified atom stereocenters. The van der Waals surface area contributed by atoms with Crippen molar-refractivity contribution in [2.75, 3.05) is 23.3 Å². The number of hydrogen-bond donors (Lipinski definition) is 2. The Morgan fingerprint density at radius 3 is 2.50 bits per heavy atom. The molecule has 34 heavy (non-hydrogen) atoms. The number of nitrogens with one attached hydrogen (secondary N) is 2. The number of carbonyl (C=O) groups is 1. The molecule has 4 aromatic rings. The lowest BCUT2D eigenvalue weighted by atomic mass is 10.1. The van der Waals surface area contributed by atoms with Gasteiger partial charge in [-0.15, -0.1) is 0 Å². The lowest BCUT2D eigenvalue weighted by Crippen LogP contribution is -2.19. The third-order valence-electron chi connectivity index (χ3n) is 5.12. The molecule has 9 nitrogen and oxygen atoms in total. The lowest BCUT2D eigenvalue weighted by molar-refractivity contribution is 0.102. The van der Waals surface area contributed by atoms with E-state index in [1.807, 2.05) is 0 Å². The van der Waals surface area contributed by atoms with E-state index in [4.69, 9.17) is 13.9 Å². The summed E-state index contributed by atoms with van der Waals surface area (Å²) >= 11 is 0. The number of sulfonamides is 1. The zero-order chi connectivity index (χ0) is 23.7. The molecular formula is C24H18N2O7S. The van der Waals surface area contributed by atoms with Crippen molar-refractivity contribution >= 4 is 38.3 Å². The third-order valence-corrected chi connectivity index (χ3v) is 6.48. The van der Waals surface area contributed by atoms with Crippen LogP contribution in [0.4, 0.5) is 11.4 Å². The van der Waals surface area contributed by atoms with E-state index in [1.54, 1.807) is 30.3 Å². The van der Waals surface area contributed by atoms with E-state index in [-0.39, 0.29) is 21.7 Å². The van der Waals surface area contributed by atoms with Gasteiger partial charge < -0.3 is 19.2 Å². The summed E-state index contributed by atoms with van der Waals surface area (Å²) in [7, 11) is -4.04. The second-order valence-corrected chi connectivity index (χ2v) is 9.10. The van der Waals surface area contributed by atoms with Crippen molar-refractivity contribution in [2.45, 2.75) is 4.90 Å². The summed E-state index contributed by atoms with van der Waals surface area (Å²) in [6.07, 6.45) is 0. The molecule has 0 spiro atoms. The van der Waals surface area contributed by atoms with E-state index >= 15 is 0 Å². The van der Waals surface area contributed by atoms with Gasteiger partial charge >= 0.3 is 5.63 Å². The van der Waals surface area contributed by atoms with Gasteiger partial charge in [-0.25, -0.2) is 13.2 Å². The fourth-order valence-corrected chi connectivity index (χ4v) is 4.63. The summed E-state index contributed by atoms with van der Waals surface area (Å²) < 4.78 is 44.6. The minimum atomic E-state index is -4.04. The average molecular weight is 478 g/mol. The maximum atomic E-state index is 13.0. The first-order valence-electron chi connectivity index (χ1n) is 10.3. The van der Waals surface area contributed by atoms with Gasteiger partial charge in [0.15, 0.2) is 11.5 Å². The zero-order valence-corrected chi connectivity index (χ0v) is 18.4. The van der Waals surface area contributed by atoms with E-state index < -0.39 is 21.6 Å². The Morgan fingerprint density at radius 1 is 0.853 bits per heavy atom. The highest BCUT2D eigenvalue weighted by Gasteiger charge is 2.20. The molecule has 1 aliphatic rings. The Balaban J connectivity index is 1.41. The first kappa shape index (κ1) is 21.5. The van der Waals surface area contributed by atoms with Crippen LogP contribution in [0, 0.1) is 0 Å². The highest BCUT2D eigenvalue weighted by Crippen LogP contribution is 2.33. The lowest BCUT2D eigenvalue weighted by Gasteiger charge is -2.19. The van der Waals surface area contributed by atoms with Crippen LogP contribution in [-0.4, -0.2) is 27.5 Å². The molecular weight excluding hydrogens is 460 g/mol. The number of para-hydroxylation sites is 1. The summed E-state index contributed by atoms with van der Waals surface area (Å²) in [5.74, 6) is 0.604. The molecule has 2 N–H and O–H groups in total. The molecule has 10 heteroatoms. The highest BCUT2D eigenvalue weighted by molar-refractivity contribution is 7.92. The fraction of sp³-hybridized carbons (Fsp3) is 0.0833. The van der Waals surface area contributed by atoms with Gasteiger partial charge in [-0.2, -0.15) is 0 Å². The van der Waals surface area contributed by atoms with Crippen LogP contribution < -0.4 is 25.1 Å². The van der Waals surface area contributed by atoms with Crippen molar-refractivity contribution in [3.05, 3.63) is 88.8 Å². The summed E-state index contributed by atoms with van der Waals surface area (Å²) in [4.78, 5) is 24.3. The van der Waals surface area contributed by atoms with Crippen LogP contribution in [0.3, 0.4) is 0 Å².